The van der Waals surface area contributed by atoms with Crippen molar-refractivity contribution in [3.8, 4) is 0 Å². The first-order chi connectivity index (χ1) is 7.67. The second-order valence-corrected chi connectivity index (χ2v) is 4.17. The molecule has 16 heavy (non-hydrogen) atoms. The SMILES string of the molecule is CCCCC(CC)C(=O)Nc1cc(C)[nH]n1. The van der Waals surface area contributed by atoms with E-state index in [0.29, 0.717) is 5.82 Å². The van der Waals surface area contributed by atoms with Crippen LogP contribution in [-0.2, 0) is 4.79 Å². The lowest BCUT2D eigenvalue weighted by Gasteiger charge is -2.12. The van der Waals surface area contributed by atoms with Gasteiger partial charge in [0.25, 0.3) is 0 Å². The fourth-order valence-electron chi connectivity index (χ4n) is 1.68. The number of hydrogen-bond donors (Lipinski definition) is 2. The summed E-state index contributed by atoms with van der Waals surface area (Å²) in [5, 5.41) is 9.65. The largest absolute Gasteiger partial charge is 0.309 e. The minimum atomic E-state index is 0.0856. The number of hydrogen-bond acceptors (Lipinski definition) is 2. The maximum absolute atomic E-state index is 11.9. The van der Waals surface area contributed by atoms with Gasteiger partial charge in [-0.3, -0.25) is 9.89 Å². The maximum Gasteiger partial charge on any atom is 0.228 e. The minimum Gasteiger partial charge on any atom is -0.309 e. The van der Waals surface area contributed by atoms with Crippen LogP contribution < -0.4 is 5.32 Å². The summed E-state index contributed by atoms with van der Waals surface area (Å²) in [6, 6.07) is 1.84. The van der Waals surface area contributed by atoms with E-state index < -0.39 is 0 Å². The molecule has 90 valence electrons. The fraction of sp³-hybridized carbons (Fsp3) is 0.667. The molecule has 0 aromatic carbocycles. The molecule has 0 spiro atoms. The van der Waals surface area contributed by atoms with Crippen molar-refractivity contribution in [3.63, 3.8) is 0 Å². The van der Waals surface area contributed by atoms with E-state index in [9.17, 15) is 4.79 Å². The predicted molar refractivity (Wildman–Crippen MR) is 65.3 cm³/mol. The van der Waals surface area contributed by atoms with Crippen molar-refractivity contribution in [2.45, 2.75) is 46.5 Å². The maximum atomic E-state index is 11.9. The van der Waals surface area contributed by atoms with E-state index in [2.05, 4.69) is 29.4 Å². The van der Waals surface area contributed by atoms with Gasteiger partial charge in [0.1, 0.15) is 0 Å². The molecule has 1 atom stereocenters. The molecule has 0 saturated heterocycles. The van der Waals surface area contributed by atoms with E-state index in [1.54, 1.807) is 0 Å². The molecule has 4 nitrogen and oxygen atoms in total. The number of aryl methyl sites for hydroxylation is 1. The fourth-order valence-corrected chi connectivity index (χ4v) is 1.68. The second kappa shape index (κ2) is 6.30. The third-order valence-corrected chi connectivity index (χ3v) is 2.73. The average molecular weight is 223 g/mol. The van der Waals surface area contributed by atoms with Crippen molar-refractivity contribution in [3.05, 3.63) is 11.8 Å². The molecule has 4 heteroatoms. The van der Waals surface area contributed by atoms with Crippen LogP contribution in [0.1, 0.15) is 45.2 Å². The third-order valence-electron chi connectivity index (χ3n) is 2.73. The van der Waals surface area contributed by atoms with Crippen molar-refractivity contribution >= 4 is 11.7 Å². The molecule has 0 bridgehead atoms. The Kier molecular flexibility index (Phi) is 5.02. The quantitative estimate of drug-likeness (QED) is 0.779. The first kappa shape index (κ1) is 12.7. The Labute approximate surface area is 96.8 Å². The molecular weight excluding hydrogens is 202 g/mol. The normalized spacial score (nSPS) is 12.4. The Morgan fingerprint density at radius 2 is 2.31 bits per heavy atom. The van der Waals surface area contributed by atoms with Crippen LogP contribution in [0.2, 0.25) is 0 Å². The molecule has 0 radical (unpaired) electrons. The van der Waals surface area contributed by atoms with Crippen LogP contribution in [-0.4, -0.2) is 16.1 Å². The highest BCUT2D eigenvalue weighted by molar-refractivity contribution is 5.91. The Hall–Kier alpha value is -1.32. The third kappa shape index (κ3) is 3.68. The van der Waals surface area contributed by atoms with Crippen molar-refractivity contribution in [2.75, 3.05) is 5.32 Å². The lowest BCUT2D eigenvalue weighted by Crippen LogP contribution is -2.22. The van der Waals surface area contributed by atoms with Gasteiger partial charge in [-0.05, 0) is 19.8 Å². The molecule has 0 fully saturated rings. The van der Waals surface area contributed by atoms with Crippen molar-refractivity contribution in [2.24, 2.45) is 5.92 Å². The molecule has 0 saturated carbocycles. The van der Waals surface area contributed by atoms with Gasteiger partial charge >= 0.3 is 0 Å². The number of nitrogens with one attached hydrogen (secondary N) is 2. The number of carbonyl (C=O) groups is 1. The summed E-state index contributed by atoms with van der Waals surface area (Å²) in [5.41, 5.74) is 0.955. The molecular formula is C12H21N3O. The van der Waals surface area contributed by atoms with E-state index in [0.717, 1.165) is 31.4 Å². The van der Waals surface area contributed by atoms with Crippen LogP contribution in [0.3, 0.4) is 0 Å². The zero-order valence-electron chi connectivity index (χ0n) is 10.3. The highest BCUT2D eigenvalue weighted by Crippen LogP contribution is 2.15. The Balaban J connectivity index is 2.49. The van der Waals surface area contributed by atoms with Crippen molar-refractivity contribution in [1.29, 1.82) is 0 Å². The number of unbranched alkanes of at least 4 members (excludes halogenated alkanes) is 1. The highest BCUT2D eigenvalue weighted by Gasteiger charge is 2.16. The first-order valence-corrected chi connectivity index (χ1v) is 6.00. The molecule has 1 amide bonds. The van der Waals surface area contributed by atoms with Crippen LogP contribution in [0.15, 0.2) is 6.07 Å². The molecule has 0 aliphatic heterocycles. The van der Waals surface area contributed by atoms with Crippen LogP contribution >= 0.6 is 0 Å². The second-order valence-electron chi connectivity index (χ2n) is 4.17. The summed E-state index contributed by atoms with van der Waals surface area (Å²) in [6.45, 7) is 6.11. The van der Waals surface area contributed by atoms with Gasteiger partial charge in [-0.1, -0.05) is 26.7 Å². The Morgan fingerprint density at radius 1 is 1.56 bits per heavy atom. The number of aromatic amines is 1. The summed E-state index contributed by atoms with van der Waals surface area (Å²) >= 11 is 0. The number of aromatic nitrogens is 2. The number of H-pyrrole nitrogens is 1. The molecule has 1 aromatic rings. The van der Waals surface area contributed by atoms with Crippen LogP contribution in [0.25, 0.3) is 0 Å². The molecule has 1 heterocycles. The Bertz CT molecular complexity index is 333. The first-order valence-electron chi connectivity index (χ1n) is 6.00. The van der Waals surface area contributed by atoms with Gasteiger partial charge < -0.3 is 5.32 Å². The van der Waals surface area contributed by atoms with Gasteiger partial charge in [0.05, 0.1) is 0 Å². The van der Waals surface area contributed by atoms with Gasteiger partial charge in [-0.2, -0.15) is 5.10 Å². The summed E-state index contributed by atoms with van der Waals surface area (Å²) < 4.78 is 0. The van der Waals surface area contributed by atoms with Crippen molar-refractivity contribution in [1.82, 2.24) is 10.2 Å². The van der Waals surface area contributed by atoms with Crippen LogP contribution in [0, 0.1) is 12.8 Å². The van der Waals surface area contributed by atoms with E-state index in [-0.39, 0.29) is 11.8 Å². The number of carbonyl (C=O) groups excluding carboxylic acids is 1. The molecule has 0 aliphatic carbocycles. The van der Waals surface area contributed by atoms with Gasteiger partial charge in [0, 0.05) is 17.7 Å². The van der Waals surface area contributed by atoms with E-state index in [1.165, 1.54) is 0 Å². The summed E-state index contributed by atoms with van der Waals surface area (Å²) in [6.07, 6.45) is 4.08. The topological polar surface area (TPSA) is 57.8 Å². The Morgan fingerprint density at radius 3 is 2.81 bits per heavy atom. The molecule has 2 N–H and O–H groups in total. The molecule has 1 unspecified atom stereocenters. The predicted octanol–water partition coefficient (Wildman–Crippen LogP) is 2.87. The van der Waals surface area contributed by atoms with Crippen LogP contribution in [0.4, 0.5) is 5.82 Å². The van der Waals surface area contributed by atoms with E-state index in [4.69, 9.17) is 0 Å². The van der Waals surface area contributed by atoms with Gasteiger partial charge in [-0.25, -0.2) is 0 Å². The lowest BCUT2D eigenvalue weighted by atomic mass is 9.98. The standard InChI is InChI=1S/C12H21N3O/c1-4-6-7-10(5-2)12(16)13-11-8-9(3)14-15-11/h8,10H,4-7H2,1-3H3,(H2,13,14,15,16). The van der Waals surface area contributed by atoms with Gasteiger partial charge in [-0.15, -0.1) is 0 Å². The monoisotopic (exact) mass is 223 g/mol. The number of rotatable bonds is 6. The van der Waals surface area contributed by atoms with Crippen molar-refractivity contribution < 1.29 is 4.79 Å². The zero-order valence-corrected chi connectivity index (χ0v) is 10.3. The minimum absolute atomic E-state index is 0.0856. The summed E-state index contributed by atoms with van der Waals surface area (Å²) in [7, 11) is 0. The number of nitrogens with zero attached hydrogens (tertiary/aromatic N) is 1. The zero-order chi connectivity index (χ0) is 12.0. The van der Waals surface area contributed by atoms with E-state index >= 15 is 0 Å². The molecule has 1 rings (SSSR count). The average Bonchev–Trinajstić information content (AvgIpc) is 2.65. The van der Waals surface area contributed by atoms with E-state index in [1.807, 2.05) is 13.0 Å². The molecule has 1 aromatic heterocycles. The molecule has 0 aliphatic rings. The number of amides is 1. The van der Waals surface area contributed by atoms with Gasteiger partial charge in [0.15, 0.2) is 5.82 Å². The number of anilines is 1. The van der Waals surface area contributed by atoms with Crippen LogP contribution in [0.5, 0.6) is 0 Å². The summed E-state index contributed by atoms with van der Waals surface area (Å²) in [5.74, 6) is 0.817. The summed E-state index contributed by atoms with van der Waals surface area (Å²) in [4.78, 5) is 11.9. The highest BCUT2D eigenvalue weighted by atomic mass is 16.1. The van der Waals surface area contributed by atoms with Gasteiger partial charge in [0.2, 0.25) is 5.91 Å². The smallest absolute Gasteiger partial charge is 0.228 e. The lowest BCUT2D eigenvalue weighted by molar-refractivity contribution is -0.120.